The number of carboxylic acid groups (broad SMARTS) is 1. The third kappa shape index (κ3) is 7.58. The van der Waals surface area contributed by atoms with Crippen molar-refractivity contribution in [2.24, 2.45) is 5.41 Å². The van der Waals surface area contributed by atoms with E-state index in [0.29, 0.717) is 28.0 Å². The van der Waals surface area contributed by atoms with E-state index in [4.69, 9.17) is 21.3 Å². The zero-order valence-corrected chi connectivity index (χ0v) is 24.8. The normalized spacial score (nSPS) is 13.0. The van der Waals surface area contributed by atoms with E-state index < -0.39 is 17.4 Å². The van der Waals surface area contributed by atoms with Crippen LogP contribution in [0.25, 0.3) is 10.9 Å². The summed E-state index contributed by atoms with van der Waals surface area (Å²) < 4.78 is 5.74. The molecular weight excluding hydrogens is 512 g/mol. The zero-order chi connectivity index (χ0) is 28.7. The van der Waals surface area contributed by atoms with Crippen molar-refractivity contribution in [3.05, 3.63) is 69.4 Å². The average molecular weight is 553 g/mol. The summed E-state index contributed by atoms with van der Waals surface area (Å²) in [5.41, 5.74) is 3.54. The first-order chi connectivity index (χ1) is 18.5. The Morgan fingerprint density at radius 3 is 2.13 bits per heavy atom. The molecule has 1 heterocycles. The summed E-state index contributed by atoms with van der Waals surface area (Å²) in [5, 5.41) is 11.3. The lowest BCUT2D eigenvalue weighted by Gasteiger charge is -2.22. The first kappa shape index (κ1) is 30.6. The molecule has 0 aliphatic heterocycles. The Balaban J connectivity index is 0.000000532. The number of halogens is 1. The fourth-order valence-corrected chi connectivity index (χ4v) is 4.87. The highest BCUT2D eigenvalue weighted by Gasteiger charge is 2.30. The van der Waals surface area contributed by atoms with Gasteiger partial charge in [0.05, 0.1) is 16.6 Å². The molecule has 3 aromatic rings. The predicted octanol–water partition coefficient (Wildman–Crippen LogP) is 7.36. The van der Waals surface area contributed by atoms with E-state index in [9.17, 15) is 14.7 Å². The highest BCUT2D eigenvalue weighted by molar-refractivity contribution is 6.30. The summed E-state index contributed by atoms with van der Waals surface area (Å²) in [6.45, 7) is 15.3. The van der Waals surface area contributed by atoms with Gasteiger partial charge in [-0.1, -0.05) is 56.6 Å². The molecule has 1 aliphatic rings. The summed E-state index contributed by atoms with van der Waals surface area (Å²) >= 11 is 6.03. The van der Waals surface area contributed by atoms with E-state index in [0.717, 1.165) is 36.8 Å². The minimum absolute atomic E-state index is 0.00932. The van der Waals surface area contributed by atoms with Gasteiger partial charge in [0.25, 0.3) is 0 Å². The summed E-state index contributed by atoms with van der Waals surface area (Å²) in [6.07, 6.45) is 4.30. The second-order valence-electron chi connectivity index (χ2n) is 10.9. The number of rotatable bonds is 7. The van der Waals surface area contributed by atoms with Crippen LogP contribution in [-0.2, 0) is 24.1 Å². The Hall–Kier alpha value is -2.96. The second-order valence-corrected chi connectivity index (χ2v) is 11.4. The second kappa shape index (κ2) is 13.4. The molecule has 0 fully saturated rings. The van der Waals surface area contributed by atoms with Gasteiger partial charge in [-0.15, -0.1) is 0 Å². The number of carboxylic acids is 1. The number of carbonyl (C=O) groups is 2. The molecule has 1 aromatic heterocycles. The van der Waals surface area contributed by atoms with Gasteiger partial charge in [-0.2, -0.15) is 0 Å². The van der Waals surface area contributed by atoms with Crippen molar-refractivity contribution in [3.8, 4) is 5.75 Å². The van der Waals surface area contributed by atoms with Crippen LogP contribution in [0.2, 0.25) is 5.02 Å². The number of pyridine rings is 1. The fourth-order valence-electron chi connectivity index (χ4n) is 4.74. The summed E-state index contributed by atoms with van der Waals surface area (Å²) in [6, 6.07) is 11.1. The van der Waals surface area contributed by atoms with Crippen LogP contribution in [0.1, 0.15) is 87.1 Å². The van der Waals surface area contributed by atoms with Gasteiger partial charge in [0.1, 0.15) is 5.56 Å². The van der Waals surface area contributed by atoms with Crippen molar-refractivity contribution < 1.29 is 19.4 Å². The largest absolute Gasteiger partial charge is 0.478 e. The van der Waals surface area contributed by atoms with Gasteiger partial charge in [-0.3, -0.25) is 4.79 Å². The number of benzene rings is 2. The van der Waals surface area contributed by atoms with E-state index in [2.05, 4.69) is 25.7 Å². The molecule has 0 amide bonds. The third-order valence-corrected chi connectivity index (χ3v) is 7.41. The Morgan fingerprint density at radius 2 is 1.59 bits per heavy atom. The molecule has 210 valence electrons. The monoisotopic (exact) mass is 552 g/mol. The van der Waals surface area contributed by atoms with Crippen molar-refractivity contribution in [3.63, 3.8) is 0 Å². The number of nitrogens with zero attached hydrogens (tertiary/aromatic N) is 2. The van der Waals surface area contributed by atoms with Crippen LogP contribution >= 0.6 is 11.6 Å². The minimum Gasteiger partial charge on any atom is -0.478 e. The maximum atomic E-state index is 12.8. The number of aryl methyl sites for hydroxylation is 2. The Bertz CT molecular complexity index is 1300. The van der Waals surface area contributed by atoms with Gasteiger partial charge in [0, 0.05) is 16.8 Å². The van der Waals surface area contributed by atoms with Gasteiger partial charge < -0.3 is 14.7 Å². The lowest BCUT2D eigenvalue weighted by Crippen LogP contribution is -2.27. The number of fused-ring (bicyclic) bond motifs is 3. The van der Waals surface area contributed by atoms with Crippen molar-refractivity contribution >= 4 is 34.4 Å². The molecule has 0 unspecified atom stereocenters. The lowest BCUT2D eigenvalue weighted by atomic mass is 9.88. The molecule has 2 aromatic carbocycles. The standard InChI is InChI=1S/C26H26ClNO4.C6H15N/c1-26(2,3)25(31)32-23-20(14-15-8-11-17(27)12-9-15)28-22-18-7-5-4-6-16(18)10-13-19(22)21(23)24(29)30;1-4-7(5-2)6-3/h8-13H,4-7,14H2,1-3H3,(H,29,30);4-6H2,1-3H3. The molecule has 7 heteroatoms. The Kier molecular flexibility index (Phi) is 10.5. The molecule has 0 spiro atoms. The lowest BCUT2D eigenvalue weighted by molar-refractivity contribution is -0.143. The van der Waals surface area contributed by atoms with Crippen LogP contribution in [0.5, 0.6) is 5.75 Å². The Morgan fingerprint density at radius 1 is 0.974 bits per heavy atom. The number of aromatic carboxylic acids is 1. The molecule has 0 radical (unpaired) electrons. The van der Waals surface area contributed by atoms with Crippen molar-refractivity contribution in [1.82, 2.24) is 9.88 Å². The molecule has 6 nitrogen and oxygen atoms in total. The van der Waals surface area contributed by atoms with Gasteiger partial charge in [0.15, 0.2) is 5.75 Å². The summed E-state index contributed by atoms with van der Waals surface area (Å²) in [4.78, 5) is 32.5. The molecular formula is C32H41ClN2O4. The van der Waals surface area contributed by atoms with Crippen LogP contribution in [0.15, 0.2) is 36.4 Å². The van der Waals surface area contributed by atoms with E-state index in [-0.39, 0.29) is 11.3 Å². The molecule has 4 rings (SSSR count). The van der Waals surface area contributed by atoms with Crippen molar-refractivity contribution in [2.75, 3.05) is 19.6 Å². The summed E-state index contributed by atoms with van der Waals surface area (Å²) in [7, 11) is 0. The molecule has 39 heavy (non-hydrogen) atoms. The number of hydrogen-bond acceptors (Lipinski definition) is 5. The van der Waals surface area contributed by atoms with Gasteiger partial charge >= 0.3 is 11.9 Å². The molecule has 0 atom stereocenters. The smallest absolute Gasteiger partial charge is 0.340 e. The average Bonchev–Trinajstić information content (AvgIpc) is 2.90. The first-order valence-corrected chi connectivity index (χ1v) is 14.3. The molecule has 0 bridgehead atoms. The number of esters is 1. The number of aromatic nitrogens is 1. The fraction of sp³-hybridized carbons (Fsp3) is 0.469. The number of carbonyl (C=O) groups excluding carboxylic acids is 1. The van der Waals surface area contributed by atoms with E-state index in [1.807, 2.05) is 18.2 Å². The quantitative estimate of drug-likeness (QED) is 0.308. The molecule has 0 saturated heterocycles. The Labute approximate surface area is 237 Å². The molecule has 1 aliphatic carbocycles. The molecule has 0 saturated carbocycles. The maximum absolute atomic E-state index is 12.8. The van der Waals surface area contributed by atoms with Crippen LogP contribution in [0.3, 0.4) is 0 Å². The van der Waals surface area contributed by atoms with E-state index >= 15 is 0 Å². The first-order valence-electron chi connectivity index (χ1n) is 13.9. The highest BCUT2D eigenvalue weighted by atomic mass is 35.5. The summed E-state index contributed by atoms with van der Waals surface area (Å²) in [5.74, 6) is -1.62. The number of ether oxygens (including phenoxy) is 1. The minimum atomic E-state index is -1.14. The van der Waals surface area contributed by atoms with Gasteiger partial charge in [-0.25, -0.2) is 9.78 Å². The molecule has 1 N–H and O–H groups in total. The van der Waals surface area contributed by atoms with Crippen LogP contribution < -0.4 is 4.74 Å². The predicted molar refractivity (Wildman–Crippen MR) is 158 cm³/mol. The van der Waals surface area contributed by atoms with Gasteiger partial charge in [-0.05, 0) is 94.9 Å². The van der Waals surface area contributed by atoms with Crippen LogP contribution in [0, 0.1) is 5.41 Å². The van der Waals surface area contributed by atoms with Crippen molar-refractivity contribution in [1.29, 1.82) is 0 Å². The van der Waals surface area contributed by atoms with Crippen LogP contribution in [0.4, 0.5) is 0 Å². The topological polar surface area (TPSA) is 79.7 Å². The number of hydrogen-bond donors (Lipinski definition) is 1. The van der Waals surface area contributed by atoms with Crippen molar-refractivity contribution in [2.45, 2.75) is 73.6 Å². The van der Waals surface area contributed by atoms with Crippen LogP contribution in [-0.4, -0.2) is 46.6 Å². The van der Waals surface area contributed by atoms with E-state index in [1.54, 1.807) is 39.0 Å². The SMILES string of the molecule is CC(C)(C)C(=O)Oc1c(Cc2ccc(Cl)cc2)nc2c3c(ccc2c1C(=O)O)CCCC3.CCN(CC)CC. The highest BCUT2D eigenvalue weighted by Crippen LogP contribution is 2.37. The third-order valence-electron chi connectivity index (χ3n) is 7.16. The zero-order valence-electron chi connectivity index (χ0n) is 24.1. The maximum Gasteiger partial charge on any atom is 0.340 e. The van der Waals surface area contributed by atoms with Gasteiger partial charge in [0.2, 0.25) is 0 Å². The van der Waals surface area contributed by atoms with E-state index in [1.165, 1.54) is 25.2 Å².